The highest BCUT2D eigenvalue weighted by atomic mass is 35.5. The molecule has 116 valence electrons. The quantitative estimate of drug-likeness (QED) is 0.571. The predicted octanol–water partition coefficient (Wildman–Crippen LogP) is 5.32. The van der Waals surface area contributed by atoms with Gasteiger partial charge in [-0.25, -0.2) is 0 Å². The van der Waals surface area contributed by atoms with Gasteiger partial charge in [0.05, 0.1) is 0 Å². The fourth-order valence-corrected chi connectivity index (χ4v) is 3.55. The van der Waals surface area contributed by atoms with Crippen LogP contribution >= 0.6 is 23.2 Å². The van der Waals surface area contributed by atoms with Gasteiger partial charge < -0.3 is 4.90 Å². The van der Waals surface area contributed by atoms with E-state index in [0.717, 1.165) is 19.5 Å². The van der Waals surface area contributed by atoms with Crippen molar-refractivity contribution in [3.63, 3.8) is 0 Å². The molecule has 3 heteroatoms. The molecule has 2 aromatic carbocycles. The summed E-state index contributed by atoms with van der Waals surface area (Å²) in [4.78, 5) is 2.29. The highest BCUT2D eigenvalue weighted by Crippen LogP contribution is 2.38. The Morgan fingerprint density at radius 1 is 0.909 bits per heavy atom. The first kappa shape index (κ1) is 15.7. The van der Waals surface area contributed by atoms with Gasteiger partial charge >= 0.3 is 0 Å². The molecule has 0 radical (unpaired) electrons. The highest BCUT2D eigenvalue weighted by Gasteiger charge is 2.20. The SMILES string of the molecule is CC(Cl)CN(CC(C)Cl)c1ccc2c(c1)Cc1ccccc1-2. The van der Waals surface area contributed by atoms with Crippen LogP contribution in [0.15, 0.2) is 42.5 Å². The maximum absolute atomic E-state index is 6.21. The first-order chi connectivity index (χ1) is 10.5. The van der Waals surface area contributed by atoms with Gasteiger partial charge in [0.25, 0.3) is 0 Å². The van der Waals surface area contributed by atoms with Gasteiger partial charge in [-0.15, -0.1) is 23.2 Å². The molecular formula is C19H21Cl2N. The zero-order chi connectivity index (χ0) is 15.7. The molecule has 0 aliphatic heterocycles. The maximum atomic E-state index is 6.21. The zero-order valence-electron chi connectivity index (χ0n) is 13.0. The molecule has 0 saturated carbocycles. The number of hydrogen-bond acceptors (Lipinski definition) is 1. The van der Waals surface area contributed by atoms with Gasteiger partial charge in [0.1, 0.15) is 0 Å². The van der Waals surface area contributed by atoms with E-state index in [1.165, 1.54) is 27.9 Å². The second kappa shape index (κ2) is 6.52. The summed E-state index contributed by atoms with van der Waals surface area (Å²) in [6.45, 7) is 5.67. The summed E-state index contributed by atoms with van der Waals surface area (Å²) in [6, 6.07) is 15.4. The van der Waals surface area contributed by atoms with E-state index in [2.05, 4.69) is 47.4 Å². The van der Waals surface area contributed by atoms with Crippen molar-refractivity contribution >= 4 is 28.9 Å². The topological polar surface area (TPSA) is 3.24 Å². The lowest BCUT2D eigenvalue weighted by atomic mass is 10.1. The Labute approximate surface area is 142 Å². The summed E-state index contributed by atoms with van der Waals surface area (Å²) in [7, 11) is 0. The van der Waals surface area contributed by atoms with E-state index in [0.29, 0.717) is 0 Å². The normalized spacial score (nSPS) is 15.1. The van der Waals surface area contributed by atoms with E-state index in [1.54, 1.807) is 0 Å². The van der Waals surface area contributed by atoms with Gasteiger partial charge in [-0.2, -0.15) is 0 Å². The van der Waals surface area contributed by atoms with Crippen molar-refractivity contribution in [3.8, 4) is 11.1 Å². The summed E-state index contributed by atoms with van der Waals surface area (Å²) in [5, 5.41) is 0.196. The Morgan fingerprint density at radius 3 is 2.23 bits per heavy atom. The molecule has 1 aliphatic rings. The fourth-order valence-electron chi connectivity index (χ4n) is 3.22. The van der Waals surface area contributed by atoms with Crippen LogP contribution in [0, 0.1) is 0 Å². The van der Waals surface area contributed by atoms with Crippen molar-refractivity contribution in [2.24, 2.45) is 0 Å². The summed E-state index contributed by atoms with van der Waals surface area (Å²) in [5.74, 6) is 0. The number of hydrogen-bond donors (Lipinski definition) is 0. The Hall–Kier alpha value is -1.18. The van der Waals surface area contributed by atoms with Crippen molar-refractivity contribution < 1.29 is 0 Å². The standard InChI is InChI=1S/C19H21Cl2N/c1-13(20)11-22(12-14(2)21)17-7-8-19-16(10-17)9-15-5-3-4-6-18(15)19/h3-8,10,13-14H,9,11-12H2,1-2H3. The molecule has 2 atom stereocenters. The van der Waals surface area contributed by atoms with Crippen molar-refractivity contribution in [3.05, 3.63) is 53.6 Å². The lowest BCUT2D eigenvalue weighted by Crippen LogP contribution is -2.33. The van der Waals surface area contributed by atoms with E-state index in [4.69, 9.17) is 23.2 Å². The Balaban J connectivity index is 1.91. The van der Waals surface area contributed by atoms with E-state index in [-0.39, 0.29) is 10.8 Å². The van der Waals surface area contributed by atoms with Crippen molar-refractivity contribution in [1.29, 1.82) is 0 Å². The molecule has 0 aromatic heterocycles. The number of anilines is 1. The van der Waals surface area contributed by atoms with Crippen LogP contribution in [0.1, 0.15) is 25.0 Å². The fraction of sp³-hybridized carbons (Fsp3) is 0.368. The van der Waals surface area contributed by atoms with Crippen LogP contribution in [0.2, 0.25) is 0 Å². The molecule has 2 unspecified atom stereocenters. The third-order valence-electron chi connectivity index (χ3n) is 4.09. The lowest BCUT2D eigenvalue weighted by Gasteiger charge is -2.27. The van der Waals surface area contributed by atoms with Crippen molar-refractivity contribution in [2.45, 2.75) is 31.0 Å². The summed E-state index contributed by atoms with van der Waals surface area (Å²) in [6.07, 6.45) is 1.01. The smallest absolute Gasteiger partial charge is 0.0483 e. The molecule has 0 saturated heterocycles. The minimum Gasteiger partial charge on any atom is -0.369 e. The van der Waals surface area contributed by atoms with E-state index in [1.807, 2.05) is 13.8 Å². The first-order valence-corrected chi connectivity index (χ1v) is 8.66. The zero-order valence-corrected chi connectivity index (χ0v) is 14.5. The molecule has 0 bridgehead atoms. The third-order valence-corrected chi connectivity index (χ3v) is 4.36. The number of halogens is 2. The van der Waals surface area contributed by atoms with Gasteiger partial charge in [-0.1, -0.05) is 30.3 Å². The molecule has 3 rings (SSSR count). The molecule has 1 aliphatic carbocycles. The molecule has 0 spiro atoms. The molecule has 1 nitrogen and oxygen atoms in total. The molecule has 0 amide bonds. The van der Waals surface area contributed by atoms with Crippen LogP contribution in [-0.4, -0.2) is 23.8 Å². The van der Waals surface area contributed by atoms with Gasteiger partial charge in [0.15, 0.2) is 0 Å². The Morgan fingerprint density at radius 2 is 1.55 bits per heavy atom. The van der Waals surface area contributed by atoms with Crippen LogP contribution in [0.3, 0.4) is 0 Å². The van der Waals surface area contributed by atoms with E-state index >= 15 is 0 Å². The Bertz CT molecular complexity index is 654. The van der Waals surface area contributed by atoms with E-state index < -0.39 is 0 Å². The lowest BCUT2D eigenvalue weighted by molar-refractivity contribution is 0.753. The second-order valence-electron chi connectivity index (χ2n) is 6.14. The average molecular weight is 334 g/mol. The van der Waals surface area contributed by atoms with Gasteiger partial charge in [0.2, 0.25) is 0 Å². The molecule has 22 heavy (non-hydrogen) atoms. The number of nitrogens with zero attached hydrogens (tertiary/aromatic N) is 1. The van der Waals surface area contributed by atoms with Crippen LogP contribution in [-0.2, 0) is 6.42 Å². The van der Waals surface area contributed by atoms with Gasteiger partial charge in [-0.05, 0) is 54.7 Å². The molecule has 0 N–H and O–H groups in total. The number of alkyl halides is 2. The maximum Gasteiger partial charge on any atom is 0.0483 e. The summed E-state index contributed by atoms with van der Waals surface area (Å²) < 4.78 is 0. The monoisotopic (exact) mass is 333 g/mol. The molecule has 0 fully saturated rings. The molecular weight excluding hydrogens is 313 g/mol. The largest absolute Gasteiger partial charge is 0.369 e. The molecule has 2 aromatic rings. The predicted molar refractivity (Wildman–Crippen MR) is 97.5 cm³/mol. The average Bonchev–Trinajstić information content (AvgIpc) is 2.83. The van der Waals surface area contributed by atoms with E-state index in [9.17, 15) is 0 Å². The first-order valence-electron chi connectivity index (χ1n) is 7.79. The number of fused-ring (bicyclic) bond motifs is 3. The van der Waals surface area contributed by atoms with Gasteiger partial charge in [0, 0.05) is 29.5 Å². The van der Waals surface area contributed by atoms with Crippen LogP contribution < -0.4 is 4.90 Å². The van der Waals surface area contributed by atoms with Crippen LogP contribution in [0.4, 0.5) is 5.69 Å². The Kier molecular flexibility index (Phi) is 4.65. The van der Waals surface area contributed by atoms with Crippen molar-refractivity contribution in [2.75, 3.05) is 18.0 Å². The highest BCUT2D eigenvalue weighted by molar-refractivity contribution is 6.21. The minimum absolute atomic E-state index is 0.0980. The van der Waals surface area contributed by atoms with Crippen LogP contribution in [0.25, 0.3) is 11.1 Å². The number of benzene rings is 2. The molecule has 0 heterocycles. The van der Waals surface area contributed by atoms with Crippen molar-refractivity contribution in [1.82, 2.24) is 0 Å². The number of rotatable bonds is 5. The third kappa shape index (κ3) is 3.26. The summed E-state index contributed by atoms with van der Waals surface area (Å²) in [5.41, 5.74) is 6.75. The minimum atomic E-state index is 0.0980. The van der Waals surface area contributed by atoms with Gasteiger partial charge in [-0.3, -0.25) is 0 Å². The second-order valence-corrected chi connectivity index (χ2v) is 7.63. The summed E-state index contributed by atoms with van der Waals surface area (Å²) >= 11 is 12.4. The van der Waals surface area contributed by atoms with Crippen LogP contribution in [0.5, 0.6) is 0 Å².